The highest BCUT2D eigenvalue weighted by Gasteiger charge is 2.06. The molecule has 0 saturated heterocycles. The molecule has 3 nitrogen and oxygen atoms in total. The van der Waals surface area contributed by atoms with Gasteiger partial charge in [-0.15, -0.1) is 0 Å². The van der Waals surface area contributed by atoms with E-state index in [1.54, 1.807) is 0 Å². The Morgan fingerprint density at radius 2 is 2.00 bits per heavy atom. The van der Waals surface area contributed by atoms with E-state index >= 15 is 0 Å². The van der Waals surface area contributed by atoms with Crippen molar-refractivity contribution in [3.63, 3.8) is 0 Å². The van der Waals surface area contributed by atoms with Gasteiger partial charge in [-0.05, 0) is 19.8 Å². The van der Waals surface area contributed by atoms with Gasteiger partial charge in [0.05, 0.1) is 0 Å². The molecule has 0 aromatic rings. The lowest BCUT2D eigenvalue weighted by molar-refractivity contribution is -0.126. The van der Waals surface area contributed by atoms with Crippen LogP contribution >= 0.6 is 0 Å². The molecule has 0 bridgehead atoms. The van der Waals surface area contributed by atoms with Crippen molar-refractivity contribution >= 4 is 5.78 Å². The highest BCUT2D eigenvalue weighted by Crippen LogP contribution is 2.01. The quantitative estimate of drug-likeness (QED) is 0.556. The maximum atomic E-state index is 10.8. The third-order valence-corrected chi connectivity index (χ3v) is 1.55. The van der Waals surface area contributed by atoms with E-state index in [1.165, 1.54) is 6.92 Å². The van der Waals surface area contributed by atoms with Crippen molar-refractivity contribution < 1.29 is 15.0 Å². The second-order valence-corrected chi connectivity index (χ2v) is 2.68. The summed E-state index contributed by atoms with van der Waals surface area (Å²) in [6, 6.07) is 0. The maximum absolute atomic E-state index is 10.8. The van der Waals surface area contributed by atoms with Crippen LogP contribution in [0.25, 0.3) is 0 Å². The summed E-state index contributed by atoms with van der Waals surface area (Å²) >= 11 is 0. The molecule has 0 radical (unpaired) electrons. The van der Waals surface area contributed by atoms with Crippen molar-refractivity contribution in [3.05, 3.63) is 0 Å². The van der Waals surface area contributed by atoms with Gasteiger partial charge >= 0.3 is 0 Å². The second-order valence-electron chi connectivity index (χ2n) is 2.68. The molecule has 0 spiro atoms. The topological polar surface area (TPSA) is 57.5 Å². The number of unbranched alkanes of at least 4 members (excludes halogenated alkanes) is 2. The predicted molar refractivity (Wildman–Crippen MR) is 42.2 cm³/mol. The van der Waals surface area contributed by atoms with E-state index in [-0.39, 0.29) is 12.4 Å². The summed E-state index contributed by atoms with van der Waals surface area (Å²) in [6.07, 6.45) is 1.97. The summed E-state index contributed by atoms with van der Waals surface area (Å²) in [5.74, 6) is -0.108. The van der Waals surface area contributed by atoms with Crippen LogP contribution in [-0.2, 0) is 4.79 Å². The fourth-order valence-corrected chi connectivity index (χ4v) is 0.797. The molecular formula is C8H16O3. The molecule has 66 valence electrons. The van der Waals surface area contributed by atoms with Gasteiger partial charge in [0.25, 0.3) is 0 Å². The first-order valence-electron chi connectivity index (χ1n) is 4.00. The fourth-order valence-electron chi connectivity index (χ4n) is 0.797. The fraction of sp³-hybridized carbons (Fsp3) is 0.875. The van der Waals surface area contributed by atoms with E-state index < -0.39 is 6.10 Å². The Labute approximate surface area is 67.0 Å². The summed E-state index contributed by atoms with van der Waals surface area (Å²) in [5.41, 5.74) is 0. The number of aliphatic hydroxyl groups excluding tert-OH is 2. The Bertz CT molecular complexity index is 110. The number of Topliss-reactive ketones (excluding diaryl/α,β-unsaturated/α-hetero) is 1. The minimum Gasteiger partial charge on any atom is -0.396 e. The molecule has 11 heavy (non-hydrogen) atoms. The van der Waals surface area contributed by atoms with E-state index in [2.05, 4.69) is 0 Å². The van der Waals surface area contributed by atoms with Crippen LogP contribution in [0, 0.1) is 0 Å². The van der Waals surface area contributed by atoms with Crippen LogP contribution in [0.4, 0.5) is 0 Å². The van der Waals surface area contributed by atoms with E-state index in [9.17, 15) is 4.79 Å². The maximum Gasteiger partial charge on any atom is 0.160 e. The van der Waals surface area contributed by atoms with Crippen molar-refractivity contribution in [1.29, 1.82) is 0 Å². The molecule has 1 unspecified atom stereocenters. The summed E-state index contributed by atoms with van der Waals surface area (Å²) in [4.78, 5) is 10.8. The largest absolute Gasteiger partial charge is 0.396 e. The number of carbonyl (C=O) groups excluding carboxylic acids is 1. The lowest BCUT2D eigenvalue weighted by Crippen LogP contribution is -2.15. The van der Waals surface area contributed by atoms with Crippen LogP contribution in [0.15, 0.2) is 0 Å². The van der Waals surface area contributed by atoms with Crippen LogP contribution in [0.1, 0.15) is 32.6 Å². The Morgan fingerprint density at radius 1 is 1.36 bits per heavy atom. The molecule has 0 rings (SSSR count). The van der Waals surface area contributed by atoms with Crippen molar-refractivity contribution in [3.8, 4) is 0 Å². The van der Waals surface area contributed by atoms with Crippen LogP contribution in [0.2, 0.25) is 0 Å². The third-order valence-electron chi connectivity index (χ3n) is 1.55. The van der Waals surface area contributed by atoms with Gasteiger partial charge in [0.15, 0.2) is 5.78 Å². The van der Waals surface area contributed by atoms with Gasteiger partial charge in [0, 0.05) is 13.0 Å². The first-order valence-corrected chi connectivity index (χ1v) is 4.00. The summed E-state index contributed by atoms with van der Waals surface area (Å²) < 4.78 is 0. The van der Waals surface area contributed by atoms with Gasteiger partial charge < -0.3 is 10.2 Å². The highest BCUT2D eigenvalue weighted by atomic mass is 16.3. The molecule has 0 fully saturated rings. The molecule has 1 atom stereocenters. The molecule has 0 aliphatic rings. The van der Waals surface area contributed by atoms with Gasteiger partial charge in [-0.3, -0.25) is 4.79 Å². The molecule has 0 aliphatic carbocycles. The molecule has 0 aromatic heterocycles. The molecule has 3 heteroatoms. The molecule has 0 aliphatic heterocycles. The Morgan fingerprint density at radius 3 is 2.45 bits per heavy atom. The number of hydrogen-bond donors (Lipinski definition) is 2. The lowest BCUT2D eigenvalue weighted by Gasteiger charge is -2.01. The average Bonchev–Trinajstić information content (AvgIpc) is 1.97. The van der Waals surface area contributed by atoms with Crippen molar-refractivity contribution in [2.75, 3.05) is 6.61 Å². The molecule has 0 amide bonds. The smallest absolute Gasteiger partial charge is 0.160 e. The Balaban J connectivity index is 3.18. The summed E-state index contributed by atoms with van der Waals surface area (Å²) in [6.45, 7) is 1.66. The molecule has 2 N–H and O–H groups in total. The standard InChI is InChI=1S/C8H16O3/c1-7(10)8(11)5-3-2-4-6-9/h7,9-10H,2-6H2,1H3. The second kappa shape index (κ2) is 6.31. The van der Waals surface area contributed by atoms with Crippen LogP contribution in [-0.4, -0.2) is 28.7 Å². The van der Waals surface area contributed by atoms with Gasteiger partial charge in [0.1, 0.15) is 6.10 Å². The zero-order valence-corrected chi connectivity index (χ0v) is 6.92. The minimum absolute atomic E-state index is 0.108. The van der Waals surface area contributed by atoms with Crippen LogP contribution in [0.5, 0.6) is 0 Å². The first-order chi connectivity index (χ1) is 5.18. The first kappa shape index (κ1) is 10.6. The molecular weight excluding hydrogens is 144 g/mol. The number of aliphatic hydroxyl groups is 2. The van der Waals surface area contributed by atoms with E-state index in [1.807, 2.05) is 0 Å². The minimum atomic E-state index is -0.830. The van der Waals surface area contributed by atoms with Crippen LogP contribution in [0.3, 0.4) is 0 Å². The monoisotopic (exact) mass is 160 g/mol. The lowest BCUT2D eigenvalue weighted by atomic mass is 10.1. The number of rotatable bonds is 6. The predicted octanol–water partition coefficient (Wildman–Crippen LogP) is 0.489. The van der Waals surface area contributed by atoms with E-state index in [0.717, 1.165) is 19.3 Å². The van der Waals surface area contributed by atoms with Crippen molar-refractivity contribution in [2.45, 2.75) is 38.7 Å². The number of carbonyl (C=O) groups is 1. The number of ketones is 1. The highest BCUT2D eigenvalue weighted by molar-refractivity contribution is 5.82. The van der Waals surface area contributed by atoms with Gasteiger partial charge in [0.2, 0.25) is 0 Å². The average molecular weight is 160 g/mol. The molecule has 0 saturated carbocycles. The van der Waals surface area contributed by atoms with Crippen LogP contribution < -0.4 is 0 Å². The zero-order chi connectivity index (χ0) is 8.69. The third kappa shape index (κ3) is 6.01. The van der Waals surface area contributed by atoms with Gasteiger partial charge in [-0.2, -0.15) is 0 Å². The SMILES string of the molecule is CC(O)C(=O)CCCCCO. The van der Waals surface area contributed by atoms with Crippen molar-refractivity contribution in [1.82, 2.24) is 0 Å². The summed E-state index contributed by atoms with van der Waals surface area (Å²) in [5, 5.41) is 17.2. The Kier molecular flexibility index (Phi) is 6.07. The van der Waals surface area contributed by atoms with Gasteiger partial charge in [-0.1, -0.05) is 6.42 Å². The van der Waals surface area contributed by atoms with Gasteiger partial charge in [-0.25, -0.2) is 0 Å². The summed E-state index contributed by atoms with van der Waals surface area (Å²) in [7, 11) is 0. The van der Waals surface area contributed by atoms with E-state index in [4.69, 9.17) is 10.2 Å². The molecule has 0 aromatic carbocycles. The van der Waals surface area contributed by atoms with Crippen molar-refractivity contribution in [2.24, 2.45) is 0 Å². The number of hydrogen-bond acceptors (Lipinski definition) is 3. The zero-order valence-electron chi connectivity index (χ0n) is 6.92. The molecule has 0 heterocycles. The van der Waals surface area contributed by atoms with E-state index in [0.29, 0.717) is 6.42 Å². The normalized spacial score (nSPS) is 13.0. The Hall–Kier alpha value is -0.410.